The van der Waals surface area contributed by atoms with Gasteiger partial charge >= 0.3 is 0 Å². The van der Waals surface area contributed by atoms with E-state index in [0.29, 0.717) is 12.5 Å². The fourth-order valence-corrected chi connectivity index (χ4v) is 2.74. The Hall–Kier alpha value is -1.13. The standard InChI is InChI=1S/C15H23FN2O/c1-11(17)10-12-4-3-5-14(16)15(12)18-8-6-13(19-2)7-9-18/h3-5,11,13H,6-10,17H2,1-2H3. The summed E-state index contributed by atoms with van der Waals surface area (Å²) in [4.78, 5) is 2.13. The summed E-state index contributed by atoms with van der Waals surface area (Å²) in [7, 11) is 1.74. The fourth-order valence-electron chi connectivity index (χ4n) is 2.74. The van der Waals surface area contributed by atoms with Crippen molar-refractivity contribution < 1.29 is 9.13 Å². The number of nitrogens with zero attached hydrogens (tertiary/aromatic N) is 1. The highest BCUT2D eigenvalue weighted by Gasteiger charge is 2.23. The van der Waals surface area contributed by atoms with Crippen LogP contribution in [0.2, 0.25) is 0 Å². The van der Waals surface area contributed by atoms with E-state index in [2.05, 4.69) is 4.90 Å². The molecule has 1 aromatic rings. The Morgan fingerprint density at radius 3 is 2.68 bits per heavy atom. The summed E-state index contributed by atoms with van der Waals surface area (Å²) in [6.07, 6.45) is 2.90. The molecule has 4 heteroatoms. The average Bonchev–Trinajstić information content (AvgIpc) is 2.38. The van der Waals surface area contributed by atoms with Crippen LogP contribution >= 0.6 is 0 Å². The number of nitrogens with two attached hydrogens (primary N) is 1. The minimum atomic E-state index is -0.144. The first-order chi connectivity index (χ1) is 9.11. The Kier molecular flexibility index (Phi) is 4.77. The minimum absolute atomic E-state index is 0.0389. The molecule has 0 bridgehead atoms. The summed E-state index contributed by atoms with van der Waals surface area (Å²) >= 11 is 0. The molecule has 1 fully saturated rings. The average molecular weight is 266 g/mol. The molecule has 0 spiro atoms. The molecule has 106 valence electrons. The Bertz CT molecular complexity index is 415. The third-order valence-corrected chi connectivity index (χ3v) is 3.70. The number of ether oxygens (including phenoxy) is 1. The maximum atomic E-state index is 14.2. The van der Waals surface area contributed by atoms with Crippen molar-refractivity contribution in [2.75, 3.05) is 25.1 Å². The fraction of sp³-hybridized carbons (Fsp3) is 0.600. The van der Waals surface area contributed by atoms with E-state index >= 15 is 0 Å². The van der Waals surface area contributed by atoms with Gasteiger partial charge in [0.2, 0.25) is 0 Å². The summed E-state index contributed by atoms with van der Waals surface area (Å²) in [5, 5.41) is 0. The molecular formula is C15H23FN2O. The summed E-state index contributed by atoms with van der Waals surface area (Å²) in [6, 6.07) is 5.31. The van der Waals surface area contributed by atoms with Crippen LogP contribution in [-0.4, -0.2) is 32.3 Å². The van der Waals surface area contributed by atoms with Gasteiger partial charge in [0.05, 0.1) is 11.8 Å². The smallest absolute Gasteiger partial charge is 0.146 e. The quantitative estimate of drug-likeness (QED) is 0.909. The molecule has 0 aromatic heterocycles. The van der Waals surface area contributed by atoms with E-state index in [-0.39, 0.29) is 11.9 Å². The Balaban J connectivity index is 2.19. The molecule has 1 unspecified atom stereocenters. The predicted molar refractivity (Wildman–Crippen MR) is 76.0 cm³/mol. The van der Waals surface area contributed by atoms with Crippen LogP contribution in [0.15, 0.2) is 18.2 Å². The normalized spacial score (nSPS) is 18.6. The molecule has 19 heavy (non-hydrogen) atoms. The molecule has 1 aliphatic rings. The SMILES string of the molecule is COC1CCN(c2c(F)cccc2CC(C)N)CC1. The molecule has 1 heterocycles. The van der Waals surface area contributed by atoms with E-state index in [4.69, 9.17) is 10.5 Å². The van der Waals surface area contributed by atoms with E-state index in [0.717, 1.165) is 37.2 Å². The van der Waals surface area contributed by atoms with E-state index in [1.54, 1.807) is 13.2 Å². The summed E-state index contributed by atoms with van der Waals surface area (Å²) in [5.74, 6) is -0.144. The van der Waals surface area contributed by atoms with Crippen LogP contribution in [0.3, 0.4) is 0 Å². The lowest BCUT2D eigenvalue weighted by Crippen LogP contribution is -2.38. The molecule has 3 nitrogen and oxygen atoms in total. The Morgan fingerprint density at radius 1 is 1.42 bits per heavy atom. The number of anilines is 1. The summed E-state index contributed by atoms with van der Waals surface area (Å²) < 4.78 is 19.5. The van der Waals surface area contributed by atoms with Gasteiger partial charge in [-0.3, -0.25) is 0 Å². The van der Waals surface area contributed by atoms with Crippen molar-refractivity contribution in [3.05, 3.63) is 29.6 Å². The second kappa shape index (κ2) is 6.35. The van der Waals surface area contributed by atoms with Crippen LogP contribution in [-0.2, 0) is 11.2 Å². The molecule has 2 N–H and O–H groups in total. The summed E-state index contributed by atoms with van der Waals surface area (Å²) in [5.41, 5.74) is 7.59. The van der Waals surface area contributed by atoms with Gasteiger partial charge in [-0.05, 0) is 37.8 Å². The molecule has 0 amide bonds. The molecule has 0 aliphatic carbocycles. The van der Waals surface area contributed by atoms with Gasteiger partial charge in [-0.1, -0.05) is 12.1 Å². The number of benzene rings is 1. The lowest BCUT2D eigenvalue weighted by atomic mass is 10.0. The minimum Gasteiger partial charge on any atom is -0.381 e. The topological polar surface area (TPSA) is 38.5 Å². The number of piperidine rings is 1. The molecule has 0 radical (unpaired) electrons. The maximum Gasteiger partial charge on any atom is 0.146 e. The molecule has 1 aliphatic heterocycles. The number of methoxy groups -OCH3 is 1. The Morgan fingerprint density at radius 2 is 2.11 bits per heavy atom. The maximum absolute atomic E-state index is 14.2. The number of hydrogen-bond acceptors (Lipinski definition) is 3. The largest absolute Gasteiger partial charge is 0.381 e. The van der Waals surface area contributed by atoms with E-state index in [9.17, 15) is 4.39 Å². The van der Waals surface area contributed by atoms with Crippen LogP contribution in [0.5, 0.6) is 0 Å². The molecule has 1 atom stereocenters. The lowest BCUT2D eigenvalue weighted by molar-refractivity contribution is 0.0818. The number of para-hydroxylation sites is 1. The third kappa shape index (κ3) is 3.45. The van der Waals surface area contributed by atoms with Crippen molar-refractivity contribution in [2.45, 2.75) is 38.3 Å². The van der Waals surface area contributed by atoms with Gasteiger partial charge in [-0.25, -0.2) is 4.39 Å². The van der Waals surface area contributed by atoms with Gasteiger partial charge in [0.1, 0.15) is 5.82 Å². The highest BCUT2D eigenvalue weighted by molar-refractivity contribution is 5.55. The number of halogens is 1. The first-order valence-corrected chi connectivity index (χ1v) is 6.92. The van der Waals surface area contributed by atoms with Crippen LogP contribution in [0, 0.1) is 5.82 Å². The van der Waals surface area contributed by atoms with Crippen molar-refractivity contribution in [1.29, 1.82) is 0 Å². The van der Waals surface area contributed by atoms with Crippen molar-refractivity contribution in [2.24, 2.45) is 5.73 Å². The van der Waals surface area contributed by atoms with Gasteiger partial charge in [0.25, 0.3) is 0 Å². The van der Waals surface area contributed by atoms with Crippen molar-refractivity contribution in [1.82, 2.24) is 0 Å². The molecular weight excluding hydrogens is 243 g/mol. The molecule has 2 rings (SSSR count). The van der Waals surface area contributed by atoms with Crippen LogP contribution in [0.4, 0.5) is 10.1 Å². The number of hydrogen-bond donors (Lipinski definition) is 1. The Labute approximate surface area is 114 Å². The van der Waals surface area contributed by atoms with E-state index in [1.807, 2.05) is 13.0 Å². The first kappa shape index (κ1) is 14.3. The van der Waals surface area contributed by atoms with Gasteiger partial charge in [0, 0.05) is 26.2 Å². The molecule has 1 aromatic carbocycles. The van der Waals surface area contributed by atoms with Crippen molar-refractivity contribution in [3.63, 3.8) is 0 Å². The van der Waals surface area contributed by atoms with Crippen LogP contribution in [0.25, 0.3) is 0 Å². The van der Waals surface area contributed by atoms with Crippen molar-refractivity contribution >= 4 is 5.69 Å². The van der Waals surface area contributed by atoms with Gasteiger partial charge in [-0.15, -0.1) is 0 Å². The first-order valence-electron chi connectivity index (χ1n) is 6.92. The van der Waals surface area contributed by atoms with Crippen LogP contribution in [0.1, 0.15) is 25.3 Å². The zero-order valence-corrected chi connectivity index (χ0v) is 11.7. The van der Waals surface area contributed by atoms with Gasteiger partial charge in [0.15, 0.2) is 0 Å². The predicted octanol–water partition coefficient (Wildman–Crippen LogP) is 2.33. The zero-order chi connectivity index (χ0) is 13.8. The number of rotatable bonds is 4. The highest BCUT2D eigenvalue weighted by atomic mass is 19.1. The van der Waals surface area contributed by atoms with Gasteiger partial charge < -0.3 is 15.4 Å². The lowest BCUT2D eigenvalue weighted by Gasteiger charge is -2.34. The highest BCUT2D eigenvalue weighted by Crippen LogP contribution is 2.28. The third-order valence-electron chi connectivity index (χ3n) is 3.70. The second-order valence-electron chi connectivity index (χ2n) is 5.35. The summed E-state index contributed by atoms with van der Waals surface area (Å²) in [6.45, 7) is 3.63. The molecule has 1 saturated heterocycles. The van der Waals surface area contributed by atoms with Gasteiger partial charge in [-0.2, -0.15) is 0 Å². The monoisotopic (exact) mass is 266 g/mol. The van der Waals surface area contributed by atoms with Crippen LogP contribution < -0.4 is 10.6 Å². The molecule has 0 saturated carbocycles. The zero-order valence-electron chi connectivity index (χ0n) is 11.7. The van der Waals surface area contributed by atoms with E-state index in [1.165, 1.54) is 6.07 Å². The second-order valence-corrected chi connectivity index (χ2v) is 5.35. The van der Waals surface area contributed by atoms with E-state index < -0.39 is 0 Å². The van der Waals surface area contributed by atoms with Crippen molar-refractivity contribution in [3.8, 4) is 0 Å².